The zero-order chi connectivity index (χ0) is 17.1. The fraction of sp³-hybridized carbons (Fsp3) is 0.235. The highest BCUT2D eigenvalue weighted by Gasteiger charge is 2.34. The molecule has 5 nitrogen and oxygen atoms in total. The van der Waals surface area contributed by atoms with Gasteiger partial charge in [-0.05, 0) is 43.2 Å². The maximum atomic E-state index is 12.6. The molecule has 0 radical (unpaired) electrons. The maximum absolute atomic E-state index is 12.6. The van der Waals surface area contributed by atoms with Crippen molar-refractivity contribution in [3.05, 3.63) is 58.3 Å². The first kappa shape index (κ1) is 16.7. The highest BCUT2D eigenvalue weighted by molar-refractivity contribution is 6.36. The van der Waals surface area contributed by atoms with Crippen LogP contribution >= 0.6 is 23.2 Å². The highest BCUT2D eigenvalue weighted by Crippen LogP contribution is 2.27. The van der Waals surface area contributed by atoms with E-state index in [0.29, 0.717) is 34.3 Å². The van der Waals surface area contributed by atoms with Crippen LogP contribution in [0.5, 0.6) is 0 Å². The number of benzene rings is 1. The number of carbonyl (C=O) groups is 2. The Balaban J connectivity index is 1.75. The van der Waals surface area contributed by atoms with E-state index in [1.54, 1.807) is 41.4 Å². The Hall–Kier alpha value is -2.11. The van der Waals surface area contributed by atoms with Gasteiger partial charge in [0.1, 0.15) is 6.04 Å². The molecule has 1 saturated heterocycles. The van der Waals surface area contributed by atoms with Crippen LogP contribution < -0.4 is 5.32 Å². The zero-order valence-corrected chi connectivity index (χ0v) is 14.2. The van der Waals surface area contributed by atoms with E-state index in [2.05, 4.69) is 10.3 Å². The Kier molecular flexibility index (Phi) is 5.02. The third-order valence-corrected chi connectivity index (χ3v) is 4.46. The van der Waals surface area contributed by atoms with Crippen LogP contribution in [0, 0.1) is 0 Å². The van der Waals surface area contributed by atoms with Gasteiger partial charge in [-0.25, -0.2) is 0 Å². The number of carbonyl (C=O) groups excluding carboxylic acids is 2. The summed E-state index contributed by atoms with van der Waals surface area (Å²) in [7, 11) is 0. The van der Waals surface area contributed by atoms with Crippen LogP contribution in [-0.4, -0.2) is 34.3 Å². The van der Waals surface area contributed by atoms with Crippen LogP contribution in [0.3, 0.4) is 0 Å². The second kappa shape index (κ2) is 7.20. The van der Waals surface area contributed by atoms with E-state index in [4.69, 9.17) is 23.2 Å². The summed E-state index contributed by atoms with van der Waals surface area (Å²) < 4.78 is 0. The molecule has 2 amide bonds. The Morgan fingerprint density at radius 1 is 1.25 bits per heavy atom. The number of hydrogen-bond donors (Lipinski definition) is 1. The van der Waals surface area contributed by atoms with E-state index in [1.165, 1.54) is 6.20 Å². The van der Waals surface area contributed by atoms with Crippen LogP contribution in [0.4, 0.5) is 5.69 Å². The molecule has 1 aromatic carbocycles. The predicted molar refractivity (Wildman–Crippen MR) is 93.4 cm³/mol. The van der Waals surface area contributed by atoms with E-state index in [1.807, 2.05) is 0 Å². The van der Waals surface area contributed by atoms with Gasteiger partial charge in [0, 0.05) is 24.0 Å². The van der Waals surface area contributed by atoms with Crippen LogP contribution in [0.15, 0.2) is 42.7 Å². The molecule has 3 rings (SSSR count). The van der Waals surface area contributed by atoms with Gasteiger partial charge >= 0.3 is 0 Å². The molecule has 0 bridgehead atoms. The number of nitrogens with zero attached hydrogens (tertiary/aromatic N) is 2. The van der Waals surface area contributed by atoms with Crippen molar-refractivity contribution < 1.29 is 9.59 Å². The molecule has 1 unspecified atom stereocenters. The summed E-state index contributed by atoms with van der Waals surface area (Å²) in [5.41, 5.74) is 0.952. The average molecular weight is 364 g/mol. The lowest BCUT2D eigenvalue weighted by atomic mass is 10.1. The van der Waals surface area contributed by atoms with Crippen molar-refractivity contribution >= 4 is 40.7 Å². The first-order valence-electron chi connectivity index (χ1n) is 7.53. The van der Waals surface area contributed by atoms with Crippen molar-refractivity contribution in [3.63, 3.8) is 0 Å². The Morgan fingerprint density at radius 3 is 2.79 bits per heavy atom. The summed E-state index contributed by atoms with van der Waals surface area (Å²) in [6.45, 7) is 0.542. The topological polar surface area (TPSA) is 62.3 Å². The molecule has 1 aliphatic heterocycles. The van der Waals surface area contributed by atoms with Gasteiger partial charge in [0.2, 0.25) is 5.91 Å². The molecule has 2 heterocycles. The number of aromatic nitrogens is 1. The SMILES string of the molecule is O=C(Nc1ccc(Cl)cc1Cl)C1CCCN1C(=O)c1cccnc1. The van der Waals surface area contributed by atoms with Gasteiger partial charge in [-0.15, -0.1) is 0 Å². The number of nitrogens with one attached hydrogen (secondary N) is 1. The first-order chi connectivity index (χ1) is 11.6. The Labute approximate surface area is 149 Å². The summed E-state index contributed by atoms with van der Waals surface area (Å²) in [5, 5.41) is 3.63. The Morgan fingerprint density at radius 2 is 2.08 bits per heavy atom. The van der Waals surface area contributed by atoms with Crippen molar-refractivity contribution in [3.8, 4) is 0 Å². The molecule has 0 spiro atoms. The van der Waals surface area contributed by atoms with Gasteiger partial charge in [-0.2, -0.15) is 0 Å². The number of hydrogen-bond acceptors (Lipinski definition) is 3. The van der Waals surface area contributed by atoms with Gasteiger partial charge in [0.15, 0.2) is 0 Å². The third-order valence-electron chi connectivity index (χ3n) is 3.91. The molecule has 1 aromatic heterocycles. The molecule has 0 aliphatic carbocycles. The largest absolute Gasteiger partial charge is 0.327 e. The molecule has 1 atom stereocenters. The van der Waals surface area contributed by atoms with Crippen LogP contribution in [0.25, 0.3) is 0 Å². The monoisotopic (exact) mass is 363 g/mol. The van der Waals surface area contributed by atoms with E-state index in [-0.39, 0.29) is 11.8 Å². The molecule has 7 heteroatoms. The van der Waals surface area contributed by atoms with Gasteiger partial charge in [-0.3, -0.25) is 14.6 Å². The van der Waals surface area contributed by atoms with Gasteiger partial charge in [0.25, 0.3) is 5.91 Å². The minimum absolute atomic E-state index is 0.192. The molecular formula is C17H15Cl2N3O2. The predicted octanol–water partition coefficient (Wildman–Crippen LogP) is 3.63. The number of amides is 2. The minimum atomic E-state index is -0.524. The van der Waals surface area contributed by atoms with Crippen molar-refractivity contribution in [1.82, 2.24) is 9.88 Å². The molecule has 1 N–H and O–H groups in total. The van der Waals surface area contributed by atoms with Crippen LogP contribution in [0.2, 0.25) is 10.0 Å². The van der Waals surface area contributed by atoms with Crippen LogP contribution in [0.1, 0.15) is 23.2 Å². The Bertz CT molecular complexity index is 768. The number of likely N-dealkylation sites (tertiary alicyclic amines) is 1. The number of pyridine rings is 1. The lowest BCUT2D eigenvalue weighted by molar-refractivity contribution is -0.119. The number of rotatable bonds is 3. The van der Waals surface area contributed by atoms with Crippen LogP contribution in [-0.2, 0) is 4.79 Å². The fourth-order valence-electron chi connectivity index (χ4n) is 2.74. The van der Waals surface area contributed by atoms with Gasteiger partial charge < -0.3 is 10.2 Å². The molecule has 2 aromatic rings. The van der Waals surface area contributed by atoms with Crippen molar-refractivity contribution in [2.45, 2.75) is 18.9 Å². The molecule has 24 heavy (non-hydrogen) atoms. The summed E-state index contributed by atoms with van der Waals surface area (Å²) in [4.78, 5) is 30.7. The van der Waals surface area contributed by atoms with Gasteiger partial charge in [-0.1, -0.05) is 23.2 Å². The standard InChI is InChI=1S/C17H15Cl2N3O2/c18-12-5-6-14(13(19)9-12)21-16(23)15-4-2-8-22(15)17(24)11-3-1-7-20-10-11/h1,3,5-7,9-10,15H,2,4,8H2,(H,21,23). The van der Waals surface area contributed by atoms with E-state index >= 15 is 0 Å². The average Bonchev–Trinajstić information content (AvgIpc) is 3.07. The lowest BCUT2D eigenvalue weighted by Crippen LogP contribution is -2.43. The van der Waals surface area contributed by atoms with Crippen molar-refractivity contribution in [2.75, 3.05) is 11.9 Å². The van der Waals surface area contributed by atoms with E-state index < -0.39 is 6.04 Å². The molecule has 0 saturated carbocycles. The maximum Gasteiger partial charge on any atom is 0.256 e. The zero-order valence-electron chi connectivity index (χ0n) is 12.7. The first-order valence-corrected chi connectivity index (χ1v) is 8.29. The molecule has 1 aliphatic rings. The fourth-order valence-corrected chi connectivity index (χ4v) is 3.20. The minimum Gasteiger partial charge on any atom is -0.327 e. The van der Waals surface area contributed by atoms with Crippen molar-refractivity contribution in [1.29, 1.82) is 0 Å². The second-order valence-corrected chi connectivity index (χ2v) is 6.36. The number of halogens is 2. The molecule has 1 fully saturated rings. The normalized spacial score (nSPS) is 16.9. The highest BCUT2D eigenvalue weighted by atomic mass is 35.5. The molecule has 124 valence electrons. The summed E-state index contributed by atoms with van der Waals surface area (Å²) in [6.07, 6.45) is 4.50. The molecular weight excluding hydrogens is 349 g/mol. The number of anilines is 1. The summed E-state index contributed by atoms with van der Waals surface area (Å²) in [6, 6.07) is 7.72. The summed E-state index contributed by atoms with van der Waals surface area (Å²) in [5.74, 6) is -0.447. The summed E-state index contributed by atoms with van der Waals surface area (Å²) >= 11 is 11.9. The second-order valence-electron chi connectivity index (χ2n) is 5.51. The quantitative estimate of drug-likeness (QED) is 0.905. The smallest absolute Gasteiger partial charge is 0.256 e. The third kappa shape index (κ3) is 3.52. The van der Waals surface area contributed by atoms with Crippen molar-refractivity contribution in [2.24, 2.45) is 0 Å². The van der Waals surface area contributed by atoms with Gasteiger partial charge in [0.05, 0.1) is 16.3 Å². The lowest BCUT2D eigenvalue weighted by Gasteiger charge is -2.24. The van der Waals surface area contributed by atoms with E-state index in [0.717, 1.165) is 6.42 Å². The van der Waals surface area contributed by atoms with E-state index in [9.17, 15) is 9.59 Å².